The molecular formula is C18H16Cl2N4O2. The zero-order valence-corrected chi connectivity index (χ0v) is 15.7. The number of benzene rings is 1. The van der Waals surface area contributed by atoms with E-state index in [1.807, 2.05) is 13.8 Å². The van der Waals surface area contributed by atoms with Gasteiger partial charge >= 0.3 is 0 Å². The van der Waals surface area contributed by atoms with E-state index >= 15 is 0 Å². The minimum Gasteiger partial charge on any atom is -0.470 e. The van der Waals surface area contributed by atoms with Crippen LogP contribution in [0.4, 0.5) is 5.69 Å². The number of hydrogen-bond donors (Lipinski definition) is 1. The number of nitrogens with one attached hydrogen (secondary N) is 1. The lowest BCUT2D eigenvalue weighted by atomic mass is 10.2. The highest BCUT2D eigenvalue weighted by molar-refractivity contribution is 6.35. The third kappa shape index (κ3) is 3.98. The Kier molecular flexibility index (Phi) is 5.44. The molecule has 3 rings (SSSR count). The Hall–Kier alpha value is -2.57. The van der Waals surface area contributed by atoms with E-state index < -0.39 is 0 Å². The van der Waals surface area contributed by atoms with Crippen molar-refractivity contribution in [1.29, 1.82) is 0 Å². The number of ether oxygens (including phenoxy) is 1. The fourth-order valence-corrected chi connectivity index (χ4v) is 2.88. The van der Waals surface area contributed by atoms with Gasteiger partial charge in [-0.05, 0) is 44.2 Å². The van der Waals surface area contributed by atoms with Gasteiger partial charge in [0.2, 0.25) is 0 Å². The highest BCUT2D eigenvalue weighted by Crippen LogP contribution is 2.28. The summed E-state index contributed by atoms with van der Waals surface area (Å²) in [4.78, 5) is 16.3. The van der Waals surface area contributed by atoms with E-state index in [0.717, 1.165) is 5.69 Å². The molecule has 0 bridgehead atoms. The molecule has 1 aromatic carbocycles. The summed E-state index contributed by atoms with van der Waals surface area (Å²) in [7, 11) is 0. The van der Waals surface area contributed by atoms with E-state index in [2.05, 4.69) is 15.4 Å². The average Bonchev–Trinajstić information content (AvgIpc) is 2.89. The number of carbonyl (C=O) groups is 1. The van der Waals surface area contributed by atoms with Crippen LogP contribution in [0.15, 0.2) is 42.7 Å². The van der Waals surface area contributed by atoms with E-state index in [9.17, 15) is 4.79 Å². The van der Waals surface area contributed by atoms with Crippen LogP contribution in [0, 0.1) is 13.8 Å². The third-order valence-electron chi connectivity index (χ3n) is 3.80. The molecule has 0 atom stereocenters. The van der Waals surface area contributed by atoms with Crippen molar-refractivity contribution in [2.45, 2.75) is 20.6 Å². The van der Waals surface area contributed by atoms with Crippen molar-refractivity contribution in [2.75, 3.05) is 5.32 Å². The van der Waals surface area contributed by atoms with Gasteiger partial charge in [0.1, 0.15) is 5.75 Å². The van der Waals surface area contributed by atoms with Gasteiger partial charge in [-0.2, -0.15) is 5.10 Å². The van der Waals surface area contributed by atoms with E-state index in [1.54, 1.807) is 47.4 Å². The van der Waals surface area contributed by atoms with Crippen molar-refractivity contribution >= 4 is 34.8 Å². The Morgan fingerprint density at radius 1 is 1.19 bits per heavy atom. The SMILES string of the molecule is Cc1nn(COc2ccc(Cl)cc2Cl)c(C)c1NC(=O)c1ccncc1. The maximum absolute atomic E-state index is 12.3. The summed E-state index contributed by atoms with van der Waals surface area (Å²) in [6.45, 7) is 3.83. The fraction of sp³-hybridized carbons (Fsp3) is 0.167. The van der Waals surface area contributed by atoms with Crippen LogP contribution in [-0.2, 0) is 6.73 Å². The Morgan fingerprint density at radius 2 is 1.92 bits per heavy atom. The lowest BCUT2D eigenvalue weighted by Gasteiger charge is -2.10. The number of aromatic nitrogens is 3. The molecule has 0 unspecified atom stereocenters. The molecule has 26 heavy (non-hydrogen) atoms. The number of anilines is 1. The Morgan fingerprint density at radius 3 is 2.62 bits per heavy atom. The number of pyridine rings is 1. The minimum absolute atomic E-state index is 0.152. The number of hydrogen-bond acceptors (Lipinski definition) is 4. The van der Waals surface area contributed by atoms with Gasteiger partial charge in [0.05, 0.1) is 22.1 Å². The average molecular weight is 391 g/mol. The monoisotopic (exact) mass is 390 g/mol. The van der Waals surface area contributed by atoms with Gasteiger partial charge in [-0.1, -0.05) is 23.2 Å². The lowest BCUT2D eigenvalue weighted by Crippen LogP contribution is -2.14. The van der Waals surface area contributed by atoms with E-state index in [1.165, 1.54) is 0 Å². The molecule has 0 spiro atoms. The summed E-state index contributed by atoms with van der Waals surface area (Å²) in [5, 5.41) is 8.26. The molecule has 1 amide bonds. The van der Waals surface area contributed by atoms with Gasteiger partial charge in [-0.15, -0.1) is 0 Å². The molecule has 8 heteroatoms. The van der Waals surface area contributed by atoms with Crippen LogP contribution in [0.1, 0.15) is 21.7 Å². The van der Waals surface area contributed by atoms with Gasteiger partial charge in [-0.25, -0.2) is 4.68 Å². The second-order valence-electron chi connectivity index (χ2n) is 5.58. The van der Waals surface area contributed by atoms with E-state index in [-0.39, 0.29) is 12.6 Å². The normalized spacial score (nSPS) is 10.6. The number of nitrogens with zero attached hydrogens (tertiary/aromatic N) is 3. The van der Waals surface area contributed by atoms with Crippen LogP contribution < -0.4 is 10.1 Å². The van der Waals surface area contributed by atoms with E-state index in [4.69, 9.17) is 27.9 Å². The van der Waals surface area contributed by atoms with Gasteiger partial charge in [0.15, 0.2) is 6.73 Å². The van der Waals surface area contributed by atoms with Crippen molar-refractivity contribution in [1.82, 2.24) is 14.8 Å². The number of amides is 1. The number of rotatable bonds is 5. The first kappa shape index (κ1) is 18.2. The van der Waals surface area contributed by atoms with Crippen molar-refractivity contribution in [2.24, 2.45) is 0 Å². The largest absolute Gasteiger partial charge is 0.470 e. The van der Waals surface area contributed by atoms with E-state index in [0.29, 0.717) is 32.7 Å². The van der Waals surface area contributed by atoms with Crippen LogP contribution in [0.3, 0.4) is 0 Å². The summed E-state index contributed by atoms with van der Waals surface area (Å²) in [6.07, 6.45) is 3.14. The molecule has 2 aromatic heterocycles. The van der Waals surface area contributed by atoms with Crippen molar-refractivity contribution in [3.05, 3.63) is 69.7 Å². The van der Waals surface area contributed by atoms with Gasteiger partial charge in [-0.3, -0.25) is 9.78 Å². The quantitative estimate of drug-likeness (QED) is 0.696. The van der Waals surface area contributed by atoms with Gasteiger partial charge < -0.3 is 10.1 Å². The first-order valence-corrected chi connectivity index (χ1v) is 8.54. The third-order valence-corrected chi connectivity index (χ3v) is 4.33. The summed E-state index contributed by atoms with van der Waals surface area (Å²) in [5.74, 6) is 0.283. The van der Waals surface area contributed by atoms with Crippen LogP contribution >= 0.6 is 23.2 Å². The Bertz CT molecular complexity index is 942. The first-order valence-electron chi connectivity index (χ1n) is 7.79. The van der Waals surface area contributed by atoms with Crippen LogP contribution in [0.2, 0.25) is 10.0 Å². The van der Waals surface area contributed by atoms with Gasteiger partial charge in [0, 0.05) is 23.0 Å². The highest BCUT2D eigenvalue weighted by atomic mass is 35.5. The maximum atomic E-state index is 12.3. The molecule has 2 heterocycles. The smallest absolute Gasteiger partial charge is 0.255 e. The predicted molar refractivity (Wildman–Crippen MR) is 101 cm³/mol. The predicted octanol–water partition coefficient (Wildman–Crippen LogP) is 4.49. The molecule has 134 valence electrons. The molecule has 3 aromatic rings. The molecule has 0 aliphatic heterocycles. The Balaban J connectivity index is 1.74. The number of halogens is 2. The summed E-state index contributed by atoms with van der Waals surface area (Å²) >= 11 is 12.0. The van der Waals surface area contributed by atoms with Crippen LogP contribution in [0.5, 0.6) is 5.75 Å². The van der Waals surface area contributed by atoms with Gasteiger partial charge in [0.25, 0.3) is 5.91 Å². The molecule has 0 aliphatic carbocycles. The second kappa shape index (κ2) is 7.76. The van der Waals surface area contributed by atoms with Crippen molar-refractivity contribution in [3.63, 3.8) is 0 Å². The maximum Gasteiger partial charge on any atom is 0.255 e. The molecule has 6 nitrogen and oxygen atoms in total. The molecule has 0 fully saturated rings. The lowest BCUT2D eigenvalue weighted by molar-refractivity contribution is 0.102. The van der Waals surface area contributed by atoms with Crippen LogP contribution in [-0.4, -0.2) is 20.7 Å². The molecule has 1 N–H and O–H groups in total. The standard InChI is InChI=1S/C18H16Cl2N4O2/c1-11-17(22-18(25)13-5-7-21-8-6-13)12(2)24(23-11)10-26-16-4-3-14(19)9-15(16)20/h3-9H,10H2,1-2H3,(H,22,25). The molecule has 0 saturated carbocycles. The molecule has 0 radical (unpaired) electrons. The summed E-state index contributed by atoms with van der Waals surface area (Å²) in [6, 6.07) is 8.30. The Labute approximate surface area is 160 Å². The second-order valence-corrected chi connectivity index (χ2v) is 6.43. The highest BCUT2D eigenvalue weighted by Gasteiger charge is 2.15. The van der Waals surface area contributed by atoms with Crippen LogP contribution in [0.25, 0.3) is 0 Å². The van der Waals surface area contributed by atoms with Crippen molar-refractivity contribution in [3.8, 4) is 5.75 Å². The summed E-state index contributed by atoms with van der Waals surface area (Å²) < 4.78 is 7.36. The summed E-state index contributed by atoms with van der Waals surface area (Å²) in [5.41, 5.74) is 2.64. The first-order chi connectivity index (χ1) is 12.5. The zero-order valence-electron chi connectivity index (χ0n) is 14.2. The topological polar surface area (TPSA) is 69.0 Å². The number of carbonyl (C=O) groups excluding carboxylic acids is 1. The minimum atomic E-state index is -0.222. The van der Waals surface area contributed by atoms with Crippen molar-refractivity contribution < 1.29 is 9.53 Å². The zero-order chi connectivity index (χ0) is 18.7. The number of aryl methyl sites for hydroxylation is 1. The molecule has 0 saturated heterocycles. The molecule has 0 aliphatic rings. The fourth-order valence-electron chi connectivity index (χ4n) is 2.42. The molecular weight excluding hydrogens is 375 g/mol.